The molecule has 5 heteroatoms. The fourth-order valence-corrected chi connectivity index (χ4v) is 2.99. The van der Waals surface area contributed by atoms with Crippen LogP contribution in [0.3, 0.4) is 0 Å². The van der Waals surface area contributed by atoms with E-state index in [4.69, 9.17) is 4.74 Å². The van der Waals surface area contributed by atoms with E-state index < -0.39 is 0 Å². The van der Waals surface area contributed by atoms with Crippen LogP contribution >= 0.6 is 0 Å². The molecule has 1 aliphatic heterocycles. The highest BCUT2D eigenvalue weighted by Gasteiger charge is 2.27. The van der Waals surface area contributed by atoms with Gasteiger partial charge in [-0.2, -0.15) is 0 Å². The number of para-hydroxylation sites is 3. The molecule has 2 aromatic carbocycles. The number of rotatable bonds is 4. The second kappa shape index (κ2) is 6.97. The molecule has 0 fully saturated rings. The molecule has 0 unspecified atom stereocenters. The topological polar surface area (TPSA) is 58.6 Å². The van der Waals surface area contributed by atoms with Crippen LogP contribution in [0, 0.1) is 6.92 Å². The highest BCUT2D eigenvalue weighted by molar-refractivity contribution is 6.05. The molecule has 0 aliphatic carbocycles. The van der Waals surface area contributed by atoms with Crippen LogP contribution in [0.5, 0.6) is 5.75 Å². The van der Waals surface area contributed by atoms with E-state index in [9.17, 15) is 9.59 Å². The average molecular weight is 338 g/mol. The highest BCUT2D eigenvalue weighted by Crippen LogP contribution is 2.32. The summed E-state index contributed by atoms with van der Waals surface area (Å²) in [6.45, 7) is 6.06. The molecule has 2 amide bonds. The molecule has 0 spiro atoms. The minimum Gasteiger partial charge on any atom is -0.482 e. The van der Waals surface area contributed by atoms with Gasteiger partial charge in [0, 0.05) is 5.69 Å². The van der Waals surface area contributed by atoms with Gasteiger partial charge in [0.2, 0.25) is 5.91 Å². The van der Waals surface area contributed by atoms with Gasteiger partial charge in [0.15, 0.2) is 6.61 Å². The molecular formula is C20H22N2O3. The number of nitrogens with one attached hydrogen (secondary N) is 1. The first kappa shape index (κ1) is 17.0. The Morgan fingerprint density at radius 3 is 2.72 bits per heavy atom. The van der Waals surface area contributed by atoms with Crippen LogP contribution in [-0.4, -0.2) is 25.0 Å². The zero-order chi connectivity index (χ0) is 18.0. The van der Waals surface area contributed by atoms with E-state index in [0.717, 1.165) is 16.8 Å². The van der Waals surface area contributed by atoms with Gasteiger partial charge in [0.05, 0.1) is 5.69 Å². The summed E-state index contributed by atoms with van der Waals surface area (Å²) in [6, 6.07) is 13.2. The standard InChI is InChI=1S/C20H22N2O3/c1-13(2)15-8-6-7-14(3)20(15)21-18(23)11-22-16-9-4-5-10-17(16)25-12-19(22)24/h4-10,13H,11-12H2,1-3H3,(H,21,23). The van der Waals surface area contributed by atoms with Crippen LogP contribution in [0.4, 0.5) is 11.4 Å². The van der Waals surface area contributed by atoms with Crippen molar-refractivity contribution in [3.63, 3.8) is 0 Å². The van der Waals surface area contributed by atoms with Gasteiger partial charge in [0.1, 0.15) is 12.3 Å². The lowest BCUT2D eigenvalue weighted by atomic mass is 9.98. The zero-order valence-electron chi connectivity index (χ0n) is 14.7. The largest absolute Gasteiger partial charge is 0.482 e. The van der Waals surface area contributed by atoms with Crippen molar-refractivity contribution in [1.29, 1.82) is 0 Å². The molecule has 1 heterocycles. The van der Waals surface area contributed by atoms with Gasteiger partial charge in [-0.3, -0.25) is 14.5 Å². The van der Waals surface area contributed by atoms with E-state index >= 15 is 0 Å². The van der Waals surface area contributed by atoms with E-state index in [1.807, 2.05) is 37.3 Å². The first-order chi connectivity index (χ1) is 12.0. The predicted octanol–water partition coefficient (Wildman–Crippen LogP) is 3.48. The Bertz CT molecular complexity index is 814. The fraction of sp³-hybridized carbons (Fsp3) is 0.300. The molecule has 3 rings (SSSR count). The second-order valence-electron chi connectivity index (χ2n) is 6.48. The Hall–Kier alpha value is -2.82. The van der Waals surface area contributed by atoms with Crippen molar-refractivity contribution in [2.75, 3.05) is 23.4 Å². The maximum Gasteiger partial charge on any atom is 0.265 e. The van der Waals surface area contributed by atoms with Gasteiger partial charge < -0.3 is 10.1 Å². The van der Waals surface area contributed by atoms with Crippen molar-refractivity contribution >= 4 is 23.2 Å². The van der Waals surface area contributed by atoms with Crippen molar-refractivity contribution in [2.24, 2.45) is 0 Å². The third-order valence-corrected chi connectivity index (χ3v) is 4.30. The van der Waals surface area contributed by atoms with E-state index in [1.54, 1.807) is 12.1 Å². The minimum atomic E-state index is -0.221. The third-order valence-electron chi connectivity index (χ3n) is 4.30. The third kappa shape index (κ3) is 3.50. The van der Waals surface area contributed by atoms with Crippen molar-refractivity contribution in [3.05, 3.63) is 53.6 Å². The maximum atomic E-state index is 12.6. The fourth-order valence-electron chi connectivity index (χ4n) is 2.99. The summed E-state index contributed by atoms with van der Waals surface area (Å²) in [6.07, 6.45) is 0. The molecule has 25 heavy (non-hydrogen) atoms. The average Bonchev–Trinajstić information content (AvgIpc) is 2.59. The minimum absolute atomic E-state index is 0.0366. The number of carbonyl (C=O) groups excluding carboxylic acids is 2. The number of nitrogens with zero attached hydrogens (tertiary/aromatic N) is 1. The van der Waals surface area contributed by atoms with Crippen molar-refractivity contribution in [2.45, 2.75) is 26.7 Å². The Balaban J connectivity index is 1.81. The molecule has 0 radical (unpaired) electrons. The number of anilines is 2. The summed E-state index contributed by atoms with van der Waals surface area (Å²) in [5, 5.41) is 2.99. The number of carbonyl (C=O) groups is 2. The summed E-state index contributed by atoms with van der Waals surface area (Å²) in [4.78, 5) is 26.3. The molecule has 1 aliphatic rings. The Morgan fingerprint density at radius 1 is 1.20 bits per heavy atom. The lowest BCUT2D eigenvalue weighted by Crippen LogP contribution is -2.43. The van der Waals surface area contributed by atoms with Crippen molar-refractivity contribution in [1.82, 2.24) is 0 Å². The quantitative estimate of drug-likeness (QED) is 0.928. The first-order valence-corrected chi connectivity index (χ1v) is 8.39. The zero-order valence-corrected chi connectivity index (χ0v) is 14.7. The summed E-state index contributed by atoms with van der Waals surface area (Å²) < 4.78 is 5.41. The number of fused-ring (bicyclic) bond motifs is 1. The number of benzene rings is 2. The lowest BCUT2D eigenvalue weighted by Gasteiger charge is -2.29. The molecule has 0 saturated carbocycles. The van der Waals surface area contributed by atoms with Crippen LogP contribution in [0.15, 0.2) is 42.5 Å². The molecule has 1 N–H and O–H groups in total. The smallest absolute Gasteiger partial charge is 0.265 e. The molecule has 0 atom stereocenters. The van der Waals surface area contributed by atoms with E-state index in [-0.39, 0.29) is 25.0 Å². The first-order valence-electron chi connectivity index (χ1n) is 8.39. The van der Waals surface area contributed by atoms with Crippen LogP contribution in [-0.2, 0) is 9.59 Å². The normalized spacial score (nSPS) is 13.4. The molecule has 5 nitrogen and oxygen atoms in total. The molecule has 0 bridgehead atoms. The van der Waals surface area contributed by atoms with Gasteiger partial charge in [-0.05, 0) is 36.1 Å². The maximum absolute atomic E-state index is 12.6. The highest BCUT2D eigenvalue weighted by atomic mass is 16.5. The summed E-state index contributed by atoms with van der Waals surface area (Å²) in [5.74, 6) is 0.471. The van der Waals surface area contributed by atoms with Crippen LogP contribution < -0.4 is 15.0 Å². The Kier molecular flexibility index (Phi) is 4.74. The van der Waals surface area contributed by atoms with Crippen LogP contribution in [0.25, 0.3) is 0 Å². The van der Waals surface area contributed by atoms with Gasteiger partial charge in [0.25, 0.3) is 5.91 Å². The summed E-state index contributed by atoms with van der Waals surface area (Å²) in [7, 11) is 0. The number of ether oxygens (including phenoxy) is 1. The number of hydrogen-bond acceptors (Lipinski definition) is 3. The molecular weight excluding hydrogens is 316 g/mol. The van der Waals surface area contributed by atoms with Gasteiger partial charge in [-0.1, -0.05) is 44.2 Å². The van der Waals surface area contributed by atoms with Gasteiger partial charge >= 0.3 is 0 Å². The molecule has 130 valence electrons. The number of hydrogen-bond donors (Lipinski definition) is 1. The Morgan fingerprint density at radius 2 is 1.96 bits per heavy atom. The van der Waals surface area contributed by atoms with E-state index in [1.165, 1.54) is 4.90 Å². The SMILES string of the molecule is Cc1cccc(C(C)C)c1NC(=O)CN1C(=O)COc2ccccc21. The van der Waals surface area contributed by atoms with E-state index in [0.29, 0.717) is 17.4 Å². The van der Waals surface area contributed by atoms with Crippen LogP contribution in [0.1, 0.15) is 30.9 Å². The summed E-state index contributed by atoms with van der Waals surface area (Å²) >= 11 is 0. The monoisotopic (exact) mass is 338 g/mol. The number of aryl methyl sites for hydroxylation is 1. The Labute approximate surface area is 147 Å². The van der Waals surface area contributed by atoms with E-state index in [2.05, 4.69) is 19.2 Å². The number of amides is 2. The molecule has 2 aromatic rings. The van der Waals surface area contributed by atoms with Crippen molar-refractivity contribution in [3.8, 4) is 5.75 Å². The lowest BCUT2D eigenvalue weighted by molar-refractivity contribution is -0.123. The summed E-state index contributed by atoms with van der Waals surface area (Å²) in [5.41, 5.74) is 3.55. The molecule has 0 saturated heterocycles. The van der Waals surface area contributed by atoms with Gasteiger partial charge in [-0.15, -0.1) is 0 Å². The predicted molar refractivity (Wildman–Crippen MR) is 98.2 cm³/mol. The van der Waals surface area contributed by atoms with Crippen molar-refractivity contribution < 1.29 is 14.3 Å². The van der Waals surface area contributed by atoms with Gasteiger partial charge in [-0.25, -0.2) is 0 Å². The second-order valence-corrected chi connectivity index (χ2v) is 6.48. The molecule has 0 aromatic heterocycles. The van der Waals surface area contributed by atoms with Crippen LogP contribution in [0.2, 0.25) is 0 Å².